The van der Waals surface area contributed by atoms with Gasteiger partial charge in [0.05, 0.1) is 5.41 Å². The third-order valence-electron chi connectivity index (χ3n) is 4.23. The first-order chi connectivity index (χ1) is 9.81. The summed E-state index contributed by atoms with van der Waals surface area (Å²) in [7, 11) is 0. The van der Waals surface area contributed by atoms with E-state index in [9.17, 15) is 0 Å². The molecule has 0 aliphatic heterocycles. The summed E-state index contributed by atoms with van der Waals surface area (Å²) in [5.74, 6) is 1.77. The summed E-state index contributed by atoms with van der Waals surface area (Å²) in [5, 5.41) is 5.08. The zero-order valence-corrected chi connectivity index (χ0v) is 11.0. The van der Waals surface area contributed by atoms with Crippen molar-refractivity contribution in [2.75, 3.05) is 6.54 Å². The monoisotopic (exact) mass is 269 g/mol. The smallest absolute Gasteiger partial charge is 0.238 e. The number of rotatable bonds is 3. The van der Waals surface area contributed by atoms with Crippen molar-refractivity contribution in [3.63, 3.8) is 0 Å². The summed E-state index contributed by atoms with van der Waals surface area (Å²) in [6, 6.07) is 9.76. The van der Waals surface area contributed by atoms with Crippen LogP contribution in [-0.4, -0.2) is 16.7 Å². The van der Waals surface area contributed by atoms with E-state index in [0.29, 0.717) is 24.0 Å². The molecule has 0 atom stereocenters. The topological polar surface area (TPSA) is 78.1 Å². The number of furan rings is 1. The van der Waals surface area contributed by atoms with Crippen LogP contribution in [-0.2, 0) is 5.41 Å². The highest BCUT2D eigenvalue weighted by Gasteiger charge is 2.42. The van der Waals surface area contributed by atoms with Gasteiger partial charge >= 0.3 is 0 Å². The lowest BCUT2D eigenvalue weighted by atomic mass is 9.69. The van der Waals surface area contributed by atoms with E-state index in [1.807, 2.05) is 30.3 Å². The van der Waals surface area contributed by atoms with Crippen molar-refractivity contribution in [2.24, 2.45) is 5.73 Å². The fourth-order valence-electron chi connectivity index (χ4n) is 2.74. The minimum absolute atomic E-state index is 0.114. The molecule has 1 aliphatic carbocycles. The number of nitrogens with two attached hydrogens (primary N) is 1. The summed E-state index contributed by atoms with van der Waals surface area (Å²) in [5.41, 5.74) is 6.57. The minimum Gasteiger partial charge on any atom is -0.453 e. The second-order valence-corrected chi connectivity index (χ2v) is 5.41. The van der Waals surface area contributed by atoms with Gasteiger partial charge in [-0.1, -0.05) is 29.8 Å². The zero-order valence-electron chi connectivity index (χ0n) is 11.0. The highest BCUT2D eigenvalue weighted by atomic mass is 16.5. The largest absolute Gasteiger partial charge is 0.453 e. The van der Waals surface area contributed by atoms with Crippen molar-refractivity contribution in [2.45, 2.75) is 24.7 Å². The molecule has 0 radical (unpaired) electrons. The van der Waals surface area contributed by atoms with Crippen LogP contribution in [0.15, 0.2) is 39.3 Å². The second kappa shape index (κ2) is 4.18. The number of para-hydroxylation sites is 1. The Labute approximate surface area is 115 Å². The van der Waals surface area contributed by atoms with Crippen LogP contribution in [0.3, 0.4) is 0 Å². The maximum Gasteiger partial charge on any atom is 0.238 e. The van der Waals surface area contributed by atoms with Crippen LogP contribution < -0.4 is 5.73 Å². The van der Waals surface area contributed by atoms with E-state index in [1.165, 1.54) is 6.42 Å². The van der Waals surface area contributed by atoms with Crippen molar-refractivity contribution in [1.29, 1.82) is 0 Å². The molecule has 2 aromatic heterocycles. The molecule has 0 bridgehead atoms. The van der Waals surface area contributed by atoms with Gasteiger partial charge in [0.2, 0.25) is 11.7 Å². The van der Waals surface area contributed by atoms with Gasteiger partial charge < -0.3 is 14.7 Å². The lowest BCUT2D eigenvalue weighted by Gasteiger charge is -2.36. The van der Waals surface area contributed by atoms with Gasteiger partial charge in [0, 0.05) is 11.9 Å². The molecule has 0 spiro atoms. The zero-order chi connectivity index (χ0) is 13.6. The number of hydrogen-bond acceptors (Lipinski definition) is 5. The Kier molecular flexibility index (Phi) is 2.44. The lowest BCUT2D eigenvalue weighted by Crippen LogP contribution is -2.41. The van der Waals surface area contributed by atoms with Crippen LogP contribution in [0.2, 0.25) is 0 Å². The van der Waals surface area contributed by atoms with Gasteiger partial charge in [-0.15, -0.1) is 0 Å². The fourth-order valence-corrected chi connectivity index (χ4v) is 2.74. The number of nitrogens with zero attached hydrogens (tertiary/aromatic N) is 2. The van der Waals surface area contributed by atoms with E-state index in [-0.39, 0.29) is 5.41 Å². The average molecular weight is 269 g/mol. The van der Waals surface area contributed by atoms with Gasteiger partial charge in [0.15, 0.2) is 5.76 Å². The van der Waals surface area contributed by atoms with Crippen LogP contribution >= 0.6 is 0 Å². The molecule has 0 saturated heterocycles. The molecule has 20 heavy (non-hydrogen) atoms. The van der Waals surface area contributed by atoms with Crippen LogP contribution in [0.1, 0.15) is 25.2 Å². The van der Waals surface area contributed by atoms with Crippen molar-refractivity contribution < 1.29 is 8.94 Å². The first-order valence-corrected chi connectivity index (χ1v) is 6.84. The predicted octanol–water partition coefficient (Wildman–Crippen LogP) is 2.86. The van der Waals surface area contributed by atoms with E-state index in [4.69, 9.17) is 14.7 Å². The molecule has 1 fully saturated rings. The van der Waals surface area contributed by atoms with Crippen LogP contribution in [0.5, 0.6) is 0 Å². The molecule has 2 N–H and O–H groups in total. The summed E-state index contributed by atoms with van der Waals surface area (Å²) < 4.78 is 11.2. The Morgan fingerprint density at radius 1 is 1.25 bits per heavy atom. The molecule has 1 aromatic carbocycles. The van der Waals surface area contributed by atoms with Gasteiger partial charge in [0.25, 0.3) is 0 Å². The van der Waals surface area contributed by atoms with Gasteiger partial charge in [-0.25, -0.2) is 0 Å². The average Bonchev–Trinajstić information content (AvgIpc) is 3.04. The molecule has 3 aromatic rings. The molecule has 1 saturated carbocycles. The van der Waals surface area contributed by atoms with E-state index < -0.39 is 0 Å². The number of fused-ring (bicyclic) bond motifs is 1. The fraction of sp³-hybridized carbons (Fsp3) is 0.333. The third-order valence-corrected chi connectivity index (χ3v) is 4.23. The van der Waals surface area contributed by atoms with Crippen molar-refractivity contribution in [3.05, 3.63) is 36.2 Å². The molecule has 5 heteroatoms. The Morgan fingerprint density at radius 3 is 2.80 bits per heavy atom. The first kappa shape index (κ1) is 11.7. The van der Waals surface area contributed by atoms with E-state index in [2.05, 4.69) is 10.1 Å². The summed E-state index contributed by atoms with van der Waals surface area (Å²) >= 11 is 0. The minimum atomic E-state index is -0.114. The molecule has 2 heterocycles. The Bertz CT molecular complexity index is 717. The SMILES string of the molecule is NCC1(c2nc(-c3cc4ccccc4o3)no2)CCC1. The maximum absolute atomic E-state index is 5.86. The molecule has 1 aliphatic rings. The van der Waals surface area contributed by atoms with E-state index in [1.54, 1.807) is 0 Å². The Hall–Kier alpha value is -2.14. The van der Waals surface area contributed by atoms with Gasteiger partial charge in [-0.05, 0) is 25.0 Å². The number of hydrogen-bond donors (Lipinski definition) is 1. The molecule has 102 valence electrons. The van der Waals surface area contributed by atoms with Crippen LogP contribution in [0, 0.1) is 0 Å². The molecule has 4 rings (SSSR count). The number of aromatic nitrogens is 2. The summed E-state index contributed by atoms with van der Waals surface area (Å²) in [6.07, 6.45) is 3.20. The molecule has 0 unspecified atom stereocenters. The predicted molar refractivity (Wildman–Crippen MR) is 74.1 cm³/mol. The Balaban J connectivity index is 1.74. The summed E-state index contributed by atoms with van der Waals surface area (Å²) in [4.78, 5) is 4.49. The van der Waals surface area contributed by atoms with Crippen LogP contribution in [0.25, 0.3) is 22.6 Å². The second-order valence-electron chi connectivity index (χ2n) is 5.41. The molecule has 5 nitrogen and oxygen atoms in total. The lowest BCUT2D eigenvalue weighted by molar-refractivity contribution is 0.182. The van der Waals surface area contributed by atoms with Crippen molar-refractivity contribution in [3.8, 4) is 11.6 Å². The van der Waals surface area contributed by atoms with Crippen LogP contribution in [0.4, 0.5) is 0 Å². The van der Waals surface area contributed by atoms with Gasteiger partial charge in [-0.2, -0.15) is 4.98 Å². The van der Waals surface area contributed by atoms with Gasteiger partial charge in [-0.3, -0.25) is 0 Å². The first-order valence-electron chi connectivity index (χ1n) is 6.84. The quantitative estimate of drug-likeness (QED) is 0.791. The van der Waals surface area contributed by atoms with Gasteiger partial charge in [0.1, 0.15) is 5.58 Å². The van der Waals surface area contributed by atoms with E-state index in [0.717, 1.165) is 23.8 Å². The van der Waals surface area contributed by atoms with E-state index >= 15 is 0 Å². The molecular weight excluding hydrogens is 254 g/mol. The highest BCUT2D eigenvalue weighted by molar-refractivity contribution is 5.81. The van der Waals surface area contributed by atoms with Crippen molar-refractivity contribution in [1.82, 2.24) is 10.1 Å². The highest BCUT2D eigenvalue weighted by Crippen LogP contribution is 2.42. The third kappa shape index (κ3) is 1.59. The molecular formula is C15H15N3O2. The maximum atomic E-state index is 5.86. The normalized spacial score (nSPS) is 17.2. The Morgan fingerprint density at radius 2 is 2.10 bits per heavy atom. The standard InChI is InChI=1S/C15H15N3O2/c16-9-15(6-3-7-15)14-17-13(18-20-14)12-8-10-4-1-2-5-11(10)19-12/h1-2,4-5,8H,3,6-7,9,16H2. The van der Waals surface area contributed by atoms with Crippen molar-refractivity contribution >= 4 is 11.0 Å². The number of benzene rings is 1. The molecule has 0 amide bonds. The summed E-state index contributed by atoms with van der Waals surface area (Å²) in [6.45, 7) is 0.550.